The molecule has 1 aromatic heterocycles. The van der Waals surface area contributed by atoms with Crippen molar-refractivity contribution >= 4 is 17.4 Å². The minimum atomic E-state index is -0.328. The smallest absolute Gasteiger partial charge is 0.167 e. The quantitative estimate of drug-likeness (QED) is 0.761. The van der Waals surface area contributed by atoms with Gasteiger partial charge in [0.05, 0.1) is 5.02 Å². The lowest BCUT2D eigenvalue weighted by molar-refractivity contribution is 0.293. The summed E-state index contributed by atoms with van der Waals surface area (Å²) in [5.41, 5.74) is 0. The summed E-state index contributed by atoms with van der Waals surface area (Å²) in [5.74, 6) is 1.22. The second-order valence-corrected chi connectivity index (χ2v) is 5.61. The molecule has 0 amide bonds. The number of hydrogen-bond donors (Lipinski definition) is 0. The second-order valence-electron chi connectivity index (χ2n) is 5.17. The summed E-state index contributed by atoms with van der Waals surface area (Å²) in [7, 11) is 0. The molecule has 2 nitrogen and oxygen atoms in total. The Bertz CT molecular complexity index is 410. The molecule has 0 spiro atoms. The van der Waals surface area contributed by atoms with Crippen LogP contribution in [0.4, 0.5) is 10.2 Å². The predicted octanol–water partition coefficient (Wildman–Crippen LogP) is 3.74. The van der Waals surface area contributed by atoms with Gasteiger partial charge in [0, 0.05) is 18.8 Å². The van der Waals surface area contributed by atoms with E-state index in [1.807, 2.05) is 0 Å². The molecule has 94 valence electrons. The largest absolute Gasteiger partial charge is 0.351 e. The first-order valence-electron chi connectivity index (χ1n) is 6.06. The number of rotatable bonds is 1. The van der Waals surface area contributed by atoms with Gasteiger partial charge in [-0.3, -0.25) is 0 Å². The van der Waals surface area contributed by atoms with Crippen LogP contribution in [0.2, 0.25) is 5.02 Å². The number of hydrogen-bond acceptors (Lipinski definition) is 2. The Balaban J connectivity index is 2.31. The van der Waals surface area contributed by atoms with Crippen molar-refractivity contribution in [2.45, 2.75) is 33.2 Å². The Morgan fingerprint density at radius 2 is 2.12 bits per heavy atom. The highest BCUT2D eigenvalue weighted by Gasteiger charge is 2.30. The number of nitrogens with zero attached hydrogens (tertiary/aromatic N) is 2. The van der Waals surface area contributed by atoms with E-state index in [0.717, 1.165) is 6.54 Å². The highest BCUT2D eigenvalue weighted by molar-refractivity contribution is 6.30. The van der Waals surface area contributed by atoms with Gasteiger partial charge in [-0.2, -0.15) is 0 Å². The number of aromatic nitrogens is 1. The maximum absolute atomic E-state index is 13.9. The van der Waals surface area contributed by atoms with Crippen LogP contribution in [0.15, 0.2) is 12.3 Å². The van der Waals surface area contributed by atoms with Crippen LogP contribution in [0.25, 0.3) is 0 Å². The van der Waals surface area contributed by atoms with E-state index in [0.29, 0.717) is 28.7 Å². The van der Waals surface area contributed by atoms with Gasteiger partial charge in [-0.1, -0.05) is 25.4 Å². The number of pyridine rings is 1. The summed E-state index contributed by atoms with van der Waals surface area (Å²) >= 11 is 5.73. The molecular formula is C13H18ClFN2. The van der Waals surface area contributed by atoms with Crippen molar-refractivity contribution in [1.29, 1.82) is 0 Å². The molecule has 1 aliphatic rings. The highest BCUT2D eigenvalue weighted by Crippen LogP contribution is 2.31. The van der Waals surface area contributed by atoms with Gasteiger partial charge in [-0.05, 0) is 31.2 Å². The average Bonchev–Trinajstić information content (AvgIpc) is 2.24. The topological polar surface area (TPSA) is 16.1 Å². The Kier molecular flexibility index (Phi) is 3.57. The third-order valence-corrected chi connectivity index (χ3v) is 3.86. The average molecular weight is 257 g/mol. The van der Waals surface area contributed by atoms with Crippen LogP contribution < -0.4 is 4.90 Å². The van der Waals surface area contributed by atoms with Gasteiger partial charge in [0.1, 0.15) is 0 Å². The maximum Gasteiger partial charge on any atom is 0.167 e. The van der Waals surface area contributed by atoms with E-state index >= 15 is 0 Å². The SMILES string of the molecule is CC1CC(C)C(C)N(c2ncc(Cl)cc2F)C1. The Labute approximate surface area is 107 Å². The minimum Gasteiger partial charge on any atom is -0.351 e. The van der Waals surface area contributed by atoms with Crippen molar-refractivity contribution in [1.82, 2.24) is 4.98 Å². The molecule has 3 atom stereocenters. The van der Waals surface area contributed by atoms with Gasteiger partial charge in [0.25, 0.3) is 0 Å². The summed E-state index contributed by atoms with van der Waals surface area (Å²) in [5, 5.41) is 0.344. The molecule has 2 rings (SSSR count). The van der Waals surface area contributed by atoms with Crippen molar-refractivity contribution in [3.05, 3.63) is 23.1 Å². The van der Waals surface area contributed by atoms with E-state index in [4.69, 9.17) is 11.6 Å². The highest BCUT2D eigenvalue weighted by atomic mass is 35.5. The van der Waals surface area contributed by atoms with Gasteiger partial charge in [0.15, 0.2) is 11.6 Å². The van der Waals surface area contributed by atoms with Crippen molar-refractivity contribution in [2.75, 3.05) is 11.4 Å². The summed E-state index contributed by atoms with van der Waals surface area (Å²) < 4.78 is 13.9. The zero-order valence-electron chi connectivity index (χ0n) is 10.5. The van der Waals surface area contributed by atoms with E-state index in [2.05, 4.69) is 30.7 Å². The molecule has 0 radical (unpaired) electrons. The zero-order chi connectivity index (χ0) is 12.6. The van der Waals surface area contributed by atoms with E-state index < -0.39 is 0 Å². The van der Waals surface area contributed by atoms with Gasteiger partial charge >= 0.3 is 0 Å². The van der Waals surface area contributed by atoms with Gasteiger partial charge in [0.2, 0.25) is 0 Å². The maximum atomic E-state index is 13.9. The zero-order valence-corrected chi connectivity index (χ0v) is 11.2. The normalized spacial score (nSPS) is 29.5. The first-order chi connectivity index (χ1) is 7.99. The fraction of sp³-hybridized carbons (Fsp3) is 0.615. The van der Waals surface area contributed by atoms with Crippen LogP contribution in [0.5, 0.6) is 0 Å². The van der Waals surface area contributed by atoms with Crippen molar-refractivity contribution in [3.8, 4) is 0 Å². The third-order valence-electron chi connectivity index (χ3n) is 3.66. The number of piperidine rings is 1. The number of anilines is 1. The molecule has 17 heavy (non-hydrogen) atoms. The van der Waals surface area contributed by atoms with E-state index in [9.17, 15) is 4.39 Å². The molecule has 1 fully saturated rings. The first-order valence-corrected chi connectivity index (χ1v) is 6.44. The van der Waals surface area contributed by atoms with Gasteiger partial charge in [-0.25, -0.2) is 9.37 Å². The Morgan fingerprint density at radius 3 is 2.76 bits per heavy atom. The molecule has 0 N–H and O–H groups in total. The summed E-state index contributed by atoms with van der Waals surface area (Å²) in [4.78, 5) is 6.20. The molecule has 0 aliphatic carbocycles. The lowest BCUT2D eigenvalue weighted by Crippen LogP contribution is -2.46. The van der Waals surface area contributed by atoms with Crippen molar-refractivity contribution in [3.63, 3.8) is 0 Å². The van der Waals surface area contributed by atoms with Crippen molar-refractivity contribution in [2.24, 2.45) is 11.8 Å². The van der Waals surface area contributed by atoms with Crippen molar-refractivity contribution < 1.29 is 4.39 Å². The van der Waals surface area contributed by atoms with E-state index in [1.54, 1.807) is 0 Å². The molecule has 3 unspecified atom stereocenters. The molecule has 2 heterocycles. The lowest BCUT2D eigenvalue weighted by atomic mass is 9.86. The van der Waals surface area contributed by atoms with Crippen LogP contribution in [-0.4, -0.2) is 17.6 Å². The van der Waals surface area contributed by atoms with Crippen LogP contribution in [0.3, 0.4) is 0 Å². The standard InChI is InChI=1S/C13H18ClFN2/c1-8-4-9(2)10(3)17(7-8)13-12(15)5-11(14)6-16-13/h5-6,8-10H,4,7H2,1-3H3. The third kappa shape index (κ3) is 2.54. The molecule has 0 aromatic carbocycles. The summed E-state index contributed by atoms with van der Waals surface area (Å²) in [6, 6.07) is 1.65. The van der Waals surface area contributed by atoms with Crippen LogP contribution >= 0.6 is 11.6 Å². The lowest BCUT2D eigenvalue weighted by Gasteiger charge is -2.41. The molecule has 4 heteroatoms. The van der Waals surface area contributed by atoms with Crippen LogP contribution in [0, 0.1) is 17.7 Å². The predicted molar refractivity (Wildman–Crippen MR) is 69.0 cm³/mol. The summed E-state index contributed by atoms with van der Waals surface area (Å²) in [6.07, 6.45) is 2.70. The minimum absolute atomic E-state index is 0.314. The Morgan fingerprint density at radius 1 is 1.41 bits per heavy atom. The first kappa shape index (κ1) is 12.6. The molecule has 1 aromatic rings. The van der Waals surface area contributed by atoms with Gasteiger partial charge < -0.3 is 4.90 Å². The summed E-state index contributed by atoms with van der Waals surface area (Å²) in [6.45, 7) is 7.40. The molecule has 0 saturated carbocycles. The fourth-order valence-electron chi connectivity index (χ4n) is 2.61. The van der Waals surface area contributed by atoms with Crippen LogP contribution in [-0.2, 0) is 0 Å². The van der Waals surface area contributed by atoms with Crippen LogP contribution in [0.1, 0.15) is 27.2 Å². The molecule has 1 saturated heterocycles. The fourth-order valence-corrected chi connectivity index (χ4v) is 2.76. The van der Waals surface area contributed by atoms with E-state index in [1.165, 1.54) is 18.7 Å². The molecule has 1 aliphatic heterocycles. The van der Waals surface area contributed by atoms with E-state index in [-0.39, 0.29) is 5.82 Å². The monoisotopic (exact) mass is 256 g/mol. The Hall–Kier alpha value is -0.830. The van der Waals surface area contributed by atoms with Gasteiger partial charge in [-0.15, -0.1) is 0 Å². The molecule has 0 bridgehead atoms. The number of halogens is 2. The second kappa shape index (κ2) is 4.81. The molecular weight excluding hydrogens is 239 g/mol.